The van der Waals surface area contributed by atoms with Gasteiger partial charge in [-0.2, -0.15) is 0 Å². The van der Waals surface area contributed by atoms with Gasteiger partial charge in [0.2, 0.25) is 0 Å². The molecule has 94 valence electrons. The van der Waals surface area contributed by atoms with Crippen LogP contribution in [-0.2, 0) is 0 Å². The third-order valence-electron chi connectivity index (χ3n) is 2.88. The average molecular weight is 244 g/mol. The summed E-state index contributed by atoms with van der Waals surface area (Å²) < 4.78 is 0. The quantitative estimate of drug-likeness (QED) is 0.882. The summed E-state index contributed by atoms with van der Waals surface area (Å²) in [6.07, 6.45) is 0. The fourth-order valence-electron chi connectivity index (χ4n) is 2.11. The van der Waals surface area contributed by atoms with Gasteiger partial charge >= 0.3 is 5.97 Å². The first-order chi connectivity index (χ1) is 8.40. The van der Waals surface area contributed by atoms with Gasteiger partial charge in [0.1, 0.15) is 0 Å². The predicted molar refractivity (Wildman–Crippen MR) is 72.5 cm³/mol. The van der Waals surface area contributed by atoms with Crippen molar-refractivity contribution in [1.29, 1.82) is 0 Å². The van der Waals surface area contributed by atoms with E-state index in [1.165, 1.54) is 0 Å². The highest BCUT2D eigenvalue weighted by molar-refractivity contribution is 6.06. The summed E-state index contributed by atoms with van der Waals surface area (Å²) in [5.74, 6) is -0.938. The second-order valence-electron chi connectivity index (χ2n) is 4.69. The Bertz CT molecular complexity index is 633. The molecule has 0 spiro atoms. The van der Waals surface area contributed by atoms with E-state index in [1.54, 1.807) is 6.07 Å². The molecule has 0 amide bonds. The number of hydrogen-bond acceptors (Lipinski definition) is 3. The third-order valence-corrected chi connectivity index (χ3v) is 2.88. The first-order valence-electron chi connectivity index (χ1n) is 5.73. The third kappa shape index (κ3) is 2.01. The molecule has 4 heteroatoms. The molecule has 0 unspecified atom stereocenters. The van der Waals surface area contributed by atoms with E-state index < -0.39 is 5.97 Å². The van der Waals surface area contributed by atoms with Crippen LogP contribution in [0.4, 0.5) is 5.69 Å². The van der Waals surface area contributed by atoms with Crippen molar-refractivity contribution in [3.63, 3.8) is 0 Å². The number of pyridine rings is 1. The number of aryl methyl sites for hydroxylation is 2. The largest absolute Gasteiger partial charge is 0.478 e. The zero-order valence-electron chi connectivity index (χ0n) is 11.0. The maximum absolute atomic E-state index is 11.3. The van der Waals surface area contributed by atoms with Gasteiger partial charge in [-0.1, -0.05) is 0 Å². The number of carboxylic acid groups (broad SMARTS) is 1. The zero-order chi connectivity index (χ0) is 13.4. The molecule has 0 saturated carbocycles. The molecule has 4 nitrogen and oxygen atoms in total. The van der Waals surface area contributed by atoms with E-state index >= 15 is 0 Å². The summed E-state index contributed by atoms with van der Waals surface area (Å²) >= 11 is 0. The molecule has 2 aromatic rings. The lowest BCUT2D eigenvalue weighted by Crippen LogP contribution is -2.11. The number of aromatic carboxylic acids is 1. The maximum atomic E-state index is 11.3. The Hall–Kier alpha value is -2.10. The van der Waals surface area contributed by atoms with Crippen LogP contribution in [0.5, 0.6) is 0 Å². The molecule has 0 aliphatic heterocycles. The number of rotatable bonds is 2. The summed E-state index contributed by atoms with van der Waals surface area (Å²) in [5, 5.41) is 10.2. The summed E-state index contributed by atoms with van der Waals surface area (Å²) in [6.45, 7) is 3.77. The van der Waals surface area contributed by atoms with Gasteiger partial charge in [0, 0.05) is 30.9 Å². The lowest BCUT2D eigenvalue weighted by atomic mass is 10.0. The van der Waals surface area contributed by atoms with Crippen molar-refractivity contribution in [2.45, 2.75) is 13.8 Å². The number of hydrogen-bond donors (Lipinski definition) is 1. The number of carboxylic acids is 1. The Morgan fingerprint density at radius 1 is 1.22 bits per heavy atom. The second kappa shape index (κ2) is 4.29. The maximum Gasteiger partial charge on any atom is 0.337 e. The lowest BCUT2D eigenvalue weighted by Gasteiger charge is -2.17. The van der Waals surface area contributed by atoms with Crippen molar-refractivity contribution in [2.24, 2.45) is 0 Å². The Morgan fingerprint density at radius 2 is 1.89 bits per heavy atom. The van der Waals surface area contributed by atoms with Crippen LogP contribution in [-0.4, -0.2) is 30.2 Å². The molecule has 0 fully saturated rings. The van der Waals surface area contributed by atoms with E-state index in [9.17, 15) is 9.90 Å². The smallest absolute Gasteiger partial charge is 0.337 e. The van der Waals surface area contributed by atoms with Crippen LogP contribution < -0.4 is 4.90 Å². The van der Waals surface area contributed by atoms with Crippen LogP contribution in [0.15, 0.2) is 18.2 Å². The molecule has 18 heavy (non-hydrogen) atoms. The van der Waals surface area contributed by atoms with Gasteiger partial charge in [0.05, 0.1) is 11.1 Å². The second-order valence-corrected chi connectivity index (χ2v) is 4.69. The standard InChI is InChI=1S/C14H16N2O2/c1-8-5-10-12(16(3)4)7-9(2)15-13(10)11(6-8)14(17)18/h5-7H,1-4H3,(H,17,18). The summed E-state index contributed by atoms with van der Waals surface area (Å²) in [7, 11) is 3.88. The highest BCUT2D eigenvalue weighted by atomic mass is 16.4. The molecule has 1 aromatic heterocycles. The van der Waals surface area contributed by atoms with Crippen molar-refractivity contribution < 1.29 is 9.90 Å². The van der Waals surface area contributed by atoms with Crippen LogP contribution in [0.25, 0.3) is 10.9 Å². The van der Waals surface area contributed by atoms with Crippen molar-refractivity contribution in [2.75, 3.05) is 19.0 Å². The van der Waals surface area contributed by atoms with Crippen LogP contribution in [0, 0.1) is 13.8 Å². The van der Waals surface area contributed by atoms with Gasteiger partial charge in [0.15, 0.2) is 0 Å². The first kappa shape index (κ1) is 12.4. The minimum Gasteiger partial charge on any atom is -0.478 e. The van der Waals surface area contributed by atoms with Crippen molar-refractivity contribution >= 4 is 22.6 Å². The Kier molecular flexibility index (Phi) is 2.95. The summed E-state index contributed by atoms with van der Waals surface area (Å²) in [5.41, 5.74) is 3.54. The Labute approximate surface area is 106 Å². The van der Waals surface area contributed by atoms with Gasteiger partial charge in [-0.05, 0) is 37.6 Å². The molecule has 0 aliphatic carbocycles. The summed E-state index contributed by atoms with van der Waals surface area (Å²) in [6, 6.07) is 5.60. The van der Waals surface area contributed by atoms with E-state index in [0.717, 1.165) is 22.3 Å². The first-order valence-corrected chi connectivity index (χ1v) is 5.73. The molecule has 0 atom stereocenters. The fraction of sp³-hybridized carbons (Fsp3) is 0.286. The van der Waals surface area contributed by atoms with E-state index in [0.29, 0.717) is 5.52 Å². The molecule has 0 radical (unpaired) electrons. The average Bonchev–Trinajstić information content (AvgIpc) is 2.27. The number of benzene rings is 1. The highest BCUT2D eigenvalue weighted by Crippen LogP contribution is 2.28. The summed E-state index contributed by atoms with van der Waals surface area (Å²) in [4.78, 5) is 17.7. The Balaban J connectivity index is 2.94. The van der Waals surface area contributed by atoms with Gasteiger partial charge in [0.25, 0.3) is 0 Å². The predicted octanol–water partition coefficient (Wildman–Crippen LogP) is 2.62. The molecular formula is C14H16N2O2. The van der Waals surface area contributed by atoms with Crippen LogP contribution in [0.2, 0.25) is 0 Å². The van der Waals surface area contributed by atoms with Gasteiger partial charge in [-0.3, -0.25) is 4.98 Å². The van der Waals surface area contributed by atoms with E-state index in [4.69, 9.17) is 0 Å². The Morgan fingerprint density at radius 3 is 2.44 bits per heavy atom. The number of aromatic nitrogens is 1. The topological polar surface area (TPSA) is 53.4 Å². The lowest BCUT2D eigenvalue weighted by molar-refractivity contribution is 0.0698. The minimum absolute atomic E-state index is 0.261. The molecular weight excluding hydrogens is 228 g/mol. The van der Waals surface area contributed by atoms with Crippen molar-refractivity contribution in [3.05, 3.63) is 35.0 Å². The van der Waals surface area contributed by atoms with Gasteiger partial charge in [-0.25, -0.2) is 4.79 Å². The molecule has 0 aliphatic rings. The fourth-order valence-corrected chi connectivity index (χ4v) is 2.11. The minimum atomic E-state index is -0.938. The van der Waals surface area contributed by atoms with Gasteiger partial charge < -0.3 is 10.0 Å². The van der Waals surface area contributed by atoms with Crippen LogP contribution in [0.3, 0.4) is 0 Å². The van der Waals surface area contributed by atoms with E-state index in [-0.39, 0.29) is 5.56 Å². The molecule has 1 N–H and O–H groups in total. The monoisotopic (exact) mass is 244 g/mol. The highest BCUT2D eigenvalue weighted by Gasteiger charge is 2.14. The van der Waals surface area contributed by atoms with E-state index in [1.807, 2.05) is 45.0 Å². The number of carbonyl (C=O) groups is 1. The van der Waals surface area contributed by atoms with Crippen LogP contribution in [0.1, 0.15) is 21.6 Å². The molecule has 2 rings (SSSR count). The molecule has 1 heterocycles. The number of fused-ring (bicyclic) bond motifs is 1. The molecule has 1 aromatic carbocycles. The number of nitrogens with zero attached hydrogens (tertiary/aromatic N) is 2. The van der Waals surface area contributed by atoms with Crippen molar-refractivity contribution in [3.8, 4) is 0 Å². The normalized spacial score (nSPS) is 10.7. The number of anilines is 1. The van der Waals surface area contributed by atoms with Gasteiger partial charge in [-0.15, -0.1) is 0 Å². The SMILES string of the molecule is Cc1cc(C(=O)O)c2nc(C)cc(N(C)C)c2c1. The van der Waals surface area contributed by atoms with E-state index in [2.05, 4.69) is 4.98 Å². The molecule has 0 saturated heterocycles. The van der Waals surface area contributed by atoms with Crippen LogP contribution >= 0.6 is 0 Å². The van der Waals surface area contributed by atoms with Crippen molar-refractivity contribution in [1.82, 2.24) is 4.98 Å². The molecule has 0 bridgehead atoms. The zero-order valence-corrected chi connectivity index (χ0v) is 11.0.